The highest BCUT2D eigenvalue weighted by Crippen LogP contribution is 2.22. The molecule has 10 heavy (non-hydrogen) atoms. The summed E-state index contributed by atoms with van der Waals surface area (Å²) in [5, 5.41) is 0. The first-order valence-electron chi connectivity index (χ1n) is 3.37. The SMILES string of the molecule is CC1OC=C2C=CC=CN21. The molecule has 2 aliphatic heterocycles. The Labute approximate surface area is 60.1 Å². The topological polar surface area (TPSA) is 12.5 Å². The Bertz CT molecular complexity index is 227. The van der Waals surface area contributed by atoms with E-state index in [9.17, 15) is 0 Å². The lowest BCUT2D eigenvalue weighted by molar-refractivity contribution is 0.100. The van der Waals surface area contributed by atoms with Crippen LogP contribution < -0.4 is 0 Å². The summed E-state index contributed by atoms with van der Waals surface area (Å²) in [6.07, 6.45) is 10.0. The average Bonchev–Trinajstić information content (AvgIpc) is 2.34. The molecule has 2 rings (SSSR count). The van der Waals surface area contributed by atoms with Crippen molar-refractivity contribution >= 4 is 0 Å². The highest BCUT2D eigenvalue weighted by molar-refractivity contribution is 5.28. The molecule has 0 aromatic heterocycles. The van der Waals surface area contributed by atoms with Gasteiger partial charge in [0, 0.05) is 6.20 Å². The monoisotopic (exact) mass is 135 g/mol. The summed E-state index contributed by atoms with van der Waals surface area (Å²) in [6.45, 7) is 2.02. The van der Waals surface area contributed by atoms with Gasteiger partial charge in [0.25, 0.3) is 0 Å². The van der Waals surface area contributed by atoms with Gasteiger partial charge in [0.1, 0.15) is 6.26 Å². The van der Waals surface area contributed by atoms with Crippen LogP contribution in [0.2, 0.25) is 0 Å². The molecule has 2 heteroatoms. The molecule has 0 aliphatic carbocycles. The zero-order valence-corrected chi connectivity index (χ0v) is 5.82. The zero-order chi connectivity index (χ0) is 6.97. The van der Waals surface area contributed by atoms with Crippen molar-refractivity contribution in [2.45, 2.75) is 13.2 Å². The molecule has 0 N–H and O–H groups in total. The first-order valence-corrected chi connectivity index (χ1v) is 3.37. The van der Waals surface area contributed by atoms with Crippen molar-refractivity contribution in [1.29, 1.82) is 0 Å². The lowest BCUT2D eigenvalue weighted by atomic mass is 10.3. The van der Waals surface area contributed by atoms with Crippen LogP contribution in [-0.2, 0) is 4.74 Å². The van der Waals surface area contributed by atoms with E-state index in [2.05, 4.69) is 4.90 Å². The van der Waals surface area contributed by atoms with Crippen molar-refractivity contribution in [2.24, 2.45) is 0 Å². The van der Waals surface area contributed by atoms with Crippen LogP contribution in [0.4, 0.5) is 0 Å². The molecule has 0 aromatic rings. The van der Waals surface area contributed by atoms with E-state index in [0.717, 1.165) is 5.70 Å². The van der Waals surface area contributed by atoms with Crippen LogP contribution in [-0.4, -0.2) is 11.1 Å². The molecule has 0 bridgehead atoms. The second-order valence-electron chi connectivity index (χ2n) is 2.39. The lowest BCUT2D eigenvalue weighted by Crippen LogP contribution is -2.22. The normalized spacial score (nSPS) is 27.9. The molecule has 0 aromatic carbocycles. The van der Waals surface area contributed by atoms with Crippen LogP contribution in [0.15, 0.2) is 36.4 Å². The van der Waals surface area contributed by atoms with Crippen molar-refractivity contribution in [2.75, 3.05) is 0 Å². The molecule has 2 heterocycles. The summed E-state index contributed by atoms with van der Waals surface area (Å²) < 4.78 is 5.26. The fraction of sp³-hybridized carbons (Fsp3) is 0.250. The Kier molecular flexibility index (Phi) is 1.07. The second kappa shape index (κ2) is 1.90. The van der Waals surface area contributed by atoms with Crippen molar-refractivity contribution in [3.8, 4) is 0 Å². The van der Waals surface area contributed by atoms with E-state index in [1.165, 1.54) is 0 Å². The van der Waals surface area contributed by atoms with E-state index in [0.29, 0.717) is 0 Å². The predicted octanol–water partition coefficient (Wildman–Crippen LogP) is 1.59. The highest BCUT2D eigenvalue weighted by Gasteiger charge is 2.20. The molecule has 0 amide bonds. The number of rotatable bonds is 0. The van der Waals surface area contributed by atoms with E-state index in [-0.39, 0.29) is 6.23 Å². The molecular formula is C8H9NO. The Morgan fingerprint density at radius 1 is 1.50 bits per heavy atom. The fourth-order valence-electron chi connectivity index (χ4n) is 1.13. The maximum atomic E-state index is 5.26. The Balaban J connectivity index is 2.30. The number of allylic oxidation sites excluding steroid dienone is 3. The molecule has 0 radical (unpaired) electrons. The van der Waals surface area contributed by atoms with Crippen molar-refractivity contribution in [3.63, 3.8) is 0 Å². The molecule has 1 unspecified atom stereocenters. The van der Waals surface area contributed by atoms with Gasteiger partial charge in [0.05, 0.1) is 5.70 Å². The van der Waals surface area contributed by atoms with Gasteiger partial charge in [-0.3, -0.25) is 0 Å². The number of ether oxygens (including phenoxy) is 1. The van der Waals surface area contributed by atoms with Gasteiger partial charge in [-0.15, -0.1) is 0 Å². The number of fused-ring (bicyclic) bond motifs is 1. The van der Waals surface area contributed by atoms with Crippen LogP contribution in [0.5, 0.6) is 0 Å². The minimum absolute atomic E-state index is 0.163. The molecule has 0 fully saturated rings. The van der Waals surface area contributed by atoms with Gasteiger partial charge < -0.3 is 9.64 Å². The smallest absolute Gasteiger partial charge is 0.172 e. The summed E-state index contributed by atoms with van der Waals surface area (Å²) in [5.74, 6) is 0. The number of nitrogens with zero attached hydrogens (tertiary/aromatic N) is 1. The van der Waals surface area contributed by atoms with Crippen LogP contribution in [0.3, 0.4) is 0 Å². The summed E-state index contributed by atoms with van der Waals surface area (Å²) in [5.41, 5.74) is 1.13. The molecule has 0 saturated heterocycles. The van der Waals surface area contributed by atoms with Gasteiger partial charge in [-0.25, -0.2) is 0 Å². The van der Waals surface area contributed by atoms with Crippen molar-refractivity contribution in [3.05, 3.63) is 36.4 Å². The summed E-state index contributed by atoms with van der Waals surface area (Å²) in [4.78, 5) is 2.08. The minimum atomic E-state index is 0.163. The third-order valence-corrected chi connectivity index (χ3v) is 1.70. The van der Waals surface area contributed by atoms with E-state index < -0.39 is 0 Å². The van der Waals surface area contributed by atoms with Gasteiger partial charge in [-0.05, 0) is 19.1 Å². The van der Waals surface area contributed by atoms with Gasteiger partial charge in [-0.1, -0.05) is 6.08 Å². The van der Waals surface area contributed by atoms with E-state index in [1.807, 2.05) is 31.4 Å². The Hall–Kier alpha value is -1.18. The Morgan fingerprint density at radius 3 is 3.20 bits per heavy atom. The molecule has 2 aliphatic rings. The third-order valence-electron chi connectivity index (χ3n) is 1.70. The molecule has 52 valence electrons. The van der Waals surface area contributed by atoms with Crippen LogP contribution in [0.1, 0.15) is 6.92 Å². The lowest BCUT2D eigenvalue weighted by Gasteiger charge is -2.20. The van der Waals surface area contributed by atoms with Crippen LogP contribution in [0.25, 0.3) is 0 Å². The molecule has 1 atom stereocenters. The van der Waals surface area contributed by atoms with Gasteiger partial charge in [-0.2, -0.15) is 0 Å². The first-order chi connectivity index (χ1) is 4.88. The second-order valence-corrected chi connectivity index (χ2v) is 2.39. The van der Waals surface area contributed by atoms with Crippen molar-refractivity contribution in [1.82, 2.24) is 4.90 Å². The maximum absolute atomic E-state index is 5.26. The number of hydrogen-bond donors (Lipinski definition) is 0. The van der Waals surface area contributed by atoms with Gasteiger partial charge >= 0.3 is 0 Å². The fourth-order valence-corrected chi connectivity index (χ4v) is 1.13. The molecular weight excluding hydrogens is 126 g/mol. The predicted molar refractivity (Wildman–Crippen MR) is 38.7 cm³/mol. The quantitative estimate of drug-likeness (QED) is 0.500. The van der Waals surface area contributed by atoms with E-state index >= 15 is 0 Å². The van der Waals surface area contributed by atoms with Crippen LogP contribution in [0, 0.1) is 0 Å². The van der Waals surface area contributed by atoms with E-state index in [1.54, 1.807) is 6.26 Å². The number of hydrogen-bond acceptors (Lipinski definition) is 2. The largest absolute Gasteiger partial charge is 0.476 e. The molecule has 0 spiro atoms. The average molecular weight is 135 g/mol. The van der Waals surface area contributed by atoms with Crippen molar-refractivity contribution < 1.29 is 4.74 Å². The minimum Gasteiger partial charge on any atom is -0.476 e. The molecule has 0 saturated carbocycles. The third kappa shape index (κ3) is 0.652. The van der Waals surface area contributed by atoms with E-state index in [4.69, 9.17) is 4.74 Å². The van der Waals surface area contributed by atoms with Gasteiger partial charge in [0.2, 0.25) is 0 Å². The summed E-state index contributed by atoms with van der Waals surface area (Å²) in [7, 11) is 0. The zero-order valence-electron chi connectivity index (χ0n) is 5.82. The molecule has 2 nitrogen and oxygen atoms in total. The maximum Gasteiger partial charge on any atom is 0.172 e. The van der Waals surface area contributed by atoms with Gasteiger partial charge in [0.15, 0.2) is 6.23 Å². The first kappa shape index (κ1) is 5.59. The van der Waals surface area contributed by atoms with Crippen LogP contribution >= 0.6 is 0 Å². The Morgan fingerprint density at radius 2 is 2.40 bits per heavy atom. The summed E-state index contributed by atoms with van der Waals surface area (Å²) in [6, 6.07) is 0. The standard InChI is InChI=1S/C8H9NO/c1-7-9-5-3-2-4-8(9)6-10-7/h2-7H,1H3. The summed E-state index contributed by atoms with van der Waals surface area (Å²) >= 11 is 0. The highest BCUT2D eigenvalue weighted by atomic mass is 16.5.